The largest absolute Gasteiger partial charge is 0.492 e. The molecule has 0 fully saturated rings. The Morgan fingerprint density at radius 3 is 2.86 bits per heavy atom. The van der Waals surface area contributed by atoms with Gasteiger partial charge in [-0.05, 0) is 18.6 Å². The Labute approximate surface area is 86.6 Å². The molecule has 0 atom stereocenters. The first-order valence-corrected chi connectivity index (χ1v) is 4.62. The van der Waals surface area contributed by atoms with Gasteiger partial charge < -0.3 is 4.74 Å². The Morgan fingerprint density at radius 2 is 2.29 bits per heavy atom. The summed E-state index contributed by atoms with van der Waals surface area (Å²) in [5.41, 5.74) is 0.890. The van der Waals surface area contributed by atoms with Gasteiger partial charge in [0, 0.05) is 6.07 Å². The molecule has 0 aliphatic heterocycles. The third-order valence-corrected chi connectivity index (χ3v) is 1.87. The second kappa shape index (κ2) is 4.81. The van der Waals surface area contributed by atoms with E-state index in [4.69, 9.17) is 16.3 Å². The average Bonchev–Trinajstić information content (AvgIpc) is 2.16. The molecular formula is C9H10ClNO3. The smallest absolute Gasteiger partial charge is 0.273 e. The van der Waals surface area contributed by atoms with E-state index in [0.717, 1.165) is 5.56 Å². The van der Waals surface area contributed by atoms with Crippen molar-refractivity contribution < 1.29 is 9.66 Å². The zero-order valence-corrected chi connectivity index (χ0v) is 8.45. The predicted octanol–water partition coefficient (Wildman–Crippen LogP) is 2.52. The topological polar surface area (TPSA) is 52.4 Å². The fourth-order valence-electron chi connectivity index (χ4n) is 1.01. The van der Waals surface area contributed by atoms with Gasteiger partial charge in [0.2, 0.25) is 0 Å². The molecule has 1 aromatic rings. The Bertz CT molecular complexity index is 341. The number of nitro benzene ring substituents is 1. The van der Waals surface area contributed by atoms with Gasteiger partial charge in [-0.15, -0.1) is 11.6 Å². The quantitative estimate of drug-likeness (QED) is 0.441. The molecule has 0 bridgehead atoms. The molecule has 0 radical (unpaired) electrons. The minimum absolute atomic E-state index is 0.0279. The van der Waals surface area contributed by atoms with Crippen molar-refractivity contribution in [2.24, 2.45) is 0 Å². The van der Waals surface area contributed by atoms with Gasteiger partial charge in [0.25, 0.3) is 5.69 Å². The molecule has 0 spiro atoms. The van der Waals surface area contributed by atoms with E-state index in [-0.39, 0.29) is 5.69 Å². The van der Waals surface area contributed by atoms with Crippen molar-refractivity contribution in [3.8, 4) is 5.75 Å². The van der Waals surface area contributed by atoms with E-state index in [1.807, 2.05) is 6.92 Å². The molecule has 1 rings (SSSR count). The lowest BCUT2D eigenvalue weighted by atomic mass is 10.2. The van der Waals surface area contributed by atoms with E-state index in [9.17, 15) is 10.1 Å². The van der Waals surface area contributed by atoms with E-state index in [1.165, 1.54) is 12.1 Å². The number of ether oxygens (including phenoxy) is 1. The van der Waals surface area contributed by atoms with Crippen molar-refractivity contribution in [3.63, 3.8) is 0 Å². The molecule has 0 aliphatic rings. The monoisotopic (exact) mass is 215 g/mol. The third-order valence-electron chi connectivity index (χ3n) is 1.72. The summed E-state index contributed by atoms with van der Waals surface area (Å²) < 4.78 is 5.24. The number of hydrogen-bond acceptors (Lipinski definition) is 3. The van der Waals surface area contributed by atoms with Gasteiger partial charge >= 0.3 is 0 Å². The highest BCUT2D eigenvalue weighted by Crippen LogP contribution is 2.23. The number of non-ortho nitro benzene ring substituents is 1. The van der Waals surface area contributed by atoms with E-state index < -0.39 is 4.92 Å². The molecule has 1 aromatic carbocycles. The van der Waals surface area contributed by atoms with Crippen molar-refractivity contribution >= 4 is 17.3 Å². The highest BCUT2D eigenvalue weighted by molar-refractivity contribution is 6.18. The minimum Gasteiger partial charge on any atom is -0.492 e. The number of nitrogens with zero attached hydrogens (tertiary/aromatic N) is 1. The molecule has 76 valence electrons. The zero-order chi connectivity index (χ0) is 10.6. The summed E-state index contributed by atoms with van der Waals surface area (Å²) in [4.78, 5) is 10.0. The lowest BCUT2D eigenvalue weighted by molar-refractivity contribution is -0.384. The van der Waals surface area contributed by atoms with Gasteiger partial charge in [0.05, 0.1) is 16.9 Å². The Morgan fingerprint density at radius 1 is 1.57 bits per heavy atom. The summed E-state index contributed by atoms with van der Waals surface area (Å²) >= 11 is 5.45. The molecule has 0 heterocycles. The number of nitro groups is 1. The lowest BCUT2D eigenvalue weighted by Gasteiger charge is -2.06. The van der Waals surface area contributed by atoms with Crippen LogP contribution in [-0.4, -0.2) is 17.4 Å². The van der Waals surface area contributed by atoms with Crippen molar-refractivity contribution in [1.29, 1.82) is 0 Å². The molecular weight excluding hydrogens is 206 g/mol. The maximum atomic E-state index is 10.5. The SMILES string of the molecule is Cc1ccc([N+](=O)[O-])cc1OCCCl. The molecule has 4 nitrogen and oxygen atoms in total. The van der Waals surface area contributed by atoms with Crippen molar-refractivity contribution in [2.45, 2.75) is 6.92 Å². The van der Waals surface area contributed by atoms with Crippen molar-refractivity contribution in [1.82, 2.24) is 0 Å². The average molecular weight is 216 g/mol. The van der Waals surface area contributed by atoms with E-state index >= 15 is 0 Å². The van der Waals surface area contributed by atoms with Crippen molar-refractivity contribution in [2.75, 3.05) is 12.5 Å². The normalized spacial score (nSPS) is 9.86. The molecule has 0 unspecified atom stereocenters. The Hall–Kier alpha value is -1.29. The van der Waals surface area contributed by atoms with Crippen LogP contribution >= 0.6 is 11.6 Å². The lowest BCUT2D eigenvalue weighted by Crippen LogP contribution is -2.00. The molecule has 14 heavy (non-hydrogen) atoms. The third kappa shape index (κ3) is 2.60. The second-order valence-corrected chi connectivity index (χ2v) is 3.12. The number of benzene rings is 1. The first kappa shape index (κ1) is 10.8. The number of alkyl halides is 1. The number of hydrogen-bond donors (Lipinski definition) is 0. The summed E-state index contributed by atoms with van der Waals surface area (Å²) in [5, 5.41) is 10.5. The van der Waals surface area contributed by atoms with Crippen LogP contribution in [0.25, 0.3) is 0 Å². The van der Waals surface area contributed by atoms with Gasteiger partial charge in [-0.2, -0.15) is 0 Å². The summed E-state index contributed by atoms with van der Waals surface area (Å²) in [6, 6.07) is 4.51. The van der Waals surface area contributed by atoms with Crippen LogP contribution in [0.2, 0.25) is 0 Å². The van der Waals surface area contributed by atoms with Crippen LogP contribution in [0.5, 0.6) is 5.75 Å². The first-order chi connectivity index (χ1) is 6.65. The van der Waals surface area contributed by atoms with Gasteiger partial charge in [-0.1, -0.05) is 0 Å². The molecule has 0 aromatic heterocycles. The van der Waals surface area contributed by atoms with Crippen LogP contribution in [0.15, 0.2) is 18.2 Å². The van der Waals surface area contributed by atoms with E-state index in [2.05, 4.69) is 0 Å². The van der Waals surface area contributed by atoms with Crippen LogP contribution < -0.4 is 4.74 Å². The minimum atomic E-state index is -0.451. The van der Waals surface area contributed by atoms with Crippen LogP contribution in [-0.2, 0) is 0 Å². The Kier molecular flexibility index (Phi) is 3.71. The molecule has 5 heteroatoms. The maximum absolute atomic E-state index is 10.5. The van der Waals surface area contributed by atoms with Crippen molar-refractivity contribution in [3.05, 3.63) is 33.9 Å². The molecule has 0 saturated heterocycles. The molecule has 0 aliphatic carbocycles. The number of aryl methyl sites for hydroxylation is 1. The maximum Gasteiger partial charge on any atom is 0.273 e. The highest BCUT2D eigenvalue weighted by atomic mass is 35.5. The highest BCUT2D eigenvalue weighted by Gasteiger charge is 2.08. The summed E-state index contributed by atoms with van der Waals surface area (Å²) in [6.45, 7) is 2.18. The fourth-order valence-corrected chi connectivity index (χ4v) is 1.08. The second-order valence-electron chi connectivity index (χ2n) is 2.74. The van der Waals surface area contributed by atoms with Crippen LogP contribution in [0.3, 0.4) is 0 Å². The van der Waals surface area contributed by atoms with E-state index in [1.54, 1.807) is 6.07 Å². The molecule has 0 saturated carbocycles. The standard InChI is InChI=1S/C9H10ClNO3/c1-7-2-3-8(11(12)13)6-9(7)14-5-4-10/h2-3,6H,4-5H2,1H3. The molecule has 0 N–H and O–H groups in total. The van der Waals surface area contributed by atoms with Gasteiger partial charge in [0.15, 0.2) is 0 Å². The van der Waals surface area contributed by atoms with Crippen LogP contribution in [0.1, 0.15) is 5.56 Å². The Balaban J connectivity index is 2.90. The fraction of sp³-hybridized carbons (Fsp3) is 0.333. The van der Waals surface area contributed by atoms with E-state index in [0.29, 0.717) is 18.2 Å². The van der Waals surface area contributed by atoms with Gasteiger partial charge in [-0.3, -0.25) is 10.1 Å². The van der Waals surface area contributed by atoms with Gasteiger partial charge in [0.1, 0.15) is 12.4 Å². The number of rotatable bonds is 4. The summed E-state index contributed by atoms with van der Waals surface area (Å²) in [7, 11) is 0. The summed E-state index contributed by atoms with van der Waals surface area (Å²) in [6.07, 6.45) is 0. The molecule has 0 amide bonds. The predicted molar refractivity (Wildman–Crippen MR) is 54.0 cm³/mol. The first-order valence-electron chi connectivity index (χ1n) is 4.09. The van der Waals surface area contributed by atoms with Gasteiger partial charge in [-0.25, -0.2) is 0 Å². The zero-order valence-electron chi connectivity index (χ0n) is 7.70. The van der Waals surface area contributed by atoms with Crippen LogP contribution in [0, 0.1) is 17.0 Å². The number of halogens is 1. The summed E-state index contributed by atoms with van der Waals surface area (Å²) in [5.74, 6) is 0.877. The van der Waals surface area contributed by atoms with Crippen LogP contribution in [0.4, 0.5) is 5.69 Å².